The highest BCUT2D eigenvalue weighted by atomic mass is 35.5. The number of fused-ring (bicyclic) bond motifs is 3. The van der Waals surface area contributed by atoms with Gasteiger partial charge in [-0.3, -0.25) is 0 Å². The topological polar surface area (TPSA) is 52.3 Å². The summed E-state index contributed by atoms with van der Waals surface area (Å²) in [6, 6.07) is 13.3. The van der Waals surface area contributed by atoms with Gasteiger partial charge in [0.25, 0.3) is 0 Å². The summed E-state index contributed by atoms with van der Waals surface area (Å²) in [4.78, 5) is 4.47. The average molecular weight is 311 g/mol. The lowest BCUT2D eigenvalue weighted by Crippen LogP contribution is -1.93. The molecule has 2 aromatic carbocycles. The van der Waals surface area contributed by atoms with Crippen molar-refractivity contribution in [1.82, 2.24) is 19.8 Å². The summed E-state index contributed by atoms with van der Waals surface area (Å²) in [5.74, 6) is 0.797. The Morgan fingerprint density at radius 1 is 1.09 bits per heavy atom. The molecule has 0 saturated heterocycles. The van der Waals surface area contributed by atoms with Crippen LogP contribution in [0.4, 0.5) is 0 Å². The zero-order valence-corrected chi connectivity index (χ0v) is 12.4. The molecule has 0 radical (unpaired) electrons. The van der Waals surface area contributed by atoms with Crippen molar-refractivity contribution in [1.29, 1.82) is 0 Å². The molecule has 22 heavy (non-hydrogen) atoms. The highest BCUT2D eigenvalue weighted by Gasteiger charge is 2.13. The second-order valence-electron chi connectivity index (χ2n) is 4.83. The van der Waals surface area contributed by atoms with Gasteiger partial charge in [-0.15, -0.1) is 5.10 Å². The van der Waals surface area contributed by atoms with Crippen LogP contribution in [0.15, 0.2) is 48.7 Å². The standard InChI is InChI=1S/C16H11ClN4O/c1-22-11-7-5-10(6-8-11)15-16-18-9-12-13(17)3-2-4-14(12)21(16)20-19-15/h2-9H,1H3. The van der Waals surface area contributed by atoms with E-state index >= 15 is 0 Å². The van der Waals surface area contributed by atoms with Crippen molar-refractivity contribution in [2.45, 2.75) is 0 Å². The zero-order valence-electron chi connectivity index (χ0n) is 11.7. The highest BCUT2D eigenvalue weighted by molar-refractivity contribution is 6.35. The van der Waals surface area contributed by atoms with E-state index < -0.39 is 0 Å². The van der Waals surface area contributed by atoms with E-state index in [1.807, 2.05) is 42.5 Å². The van der Waals surface area contributed by atoms with Gasteiger partial charge < -0.3 is 4.74 Å². The van der Waals surface area contributed by atoms with Crippen LogP contribution in [0, 0.1) is 0 Å². The molecular formula is C16H11ClN4O. The van der Waals surface area contributed by atoms with Gasteiger partial charge in [0.2, 0.25) is 0 Å². The molecule has 2 aromatic heterocycles. The van der Waals surface area contributed by atoms with Crippen molar-refractivity contribution in [3.8, 4) is 17.0 Å². The Morgan fingerprint density at radius 3 is 2.68 bits per heavy atom. The van der Waals surface area contributed by atoms with E-state index in [0.29, 0.717) is 10.7 Å². The molecule has 4 rings (SSSR count). The molecule has 0 aliphatic rings. The molecule has 0 unspecified atom stereocenters. The summed E-state index contributed by atoms with van der Waals surface area (Å²) < 4.78 is 6.88. The van der Waals surface area contributed by atoms with Gasteiger partial charge in [0.1, 0.15) is 11.4 Å². The van der Waals surface area contributed by atoms with E-state index in [2.05, 4.69) is 15.3 Å². The zero-order chi connectivity index (χ0) is 15.1. The molecular weight excluding hydrogens is 300 g/mol. The van der Waals surface area contributed by atoms with Crippen LogP contribution < -0.4 is 4.74 Å². The number of hydrogen-bond donors (Lipinski definition) is 0. The first-order chi connectivity index (χ1) is 10.8. The lowest BCUT2D eigenvalue weighted by molar-refractivity contribution is 0.415. The predicted molar refractivity (Wildman–Crippen MR) is 85.3 cm³/mol. The molecule has 6 heteroatoms. The minimum absolute atomic E-state index is 0.647. The smallest absolute Gasteiger partial charge is 0.184 e. The van der Waals surface area contributed by atoms with Crippen LogP contribution in [0.3, 0.4) is 0 Å². The first-order valence-electron chi connectivity index (χ1n) is 6.71. The van der Waals surface area contributed by atoms with Gasteiger partial charge in [-0.25, -0.2) is 4.98 Å². The van der Waals surface area contributed by atoms with Crippen LogP contribution in [0.5, 0.6) is 5.75 Å². The first-order valence-corrected chi connectivity index (χ1v) is 7.09. The SMILES string of the molecule is COc1ccc(-c2nnn3c2ncc2c(Cl)cccc23)cc1. The molecule has 0 bridgehead atoms. The van der Waals surface area contributed by atoms with Crippen LogP contribution >= 0.6 is 11.6 Å². The van der Waals surface area contributed by atoms with E-state index in [4.69, 9.17) is 16.3 Å². The lowest BCUT2D eigenvalue weighted by atomic mass is 10.1. The van der Waals surface area contributed by atoms with E-state index in [0.717, 1.165) is 27.9 Å². The molecule has 0 fully saturated rings. The summed E-state index contributed by atoms with van der Waals surface area (Å²) in [6.45, 7) is 0. The molecule has 108 valence electrons. The number of ether oxygens (including phenoxy) is 1. The number of halogens is 1. The molecule has 0 amide bonds. The van der Waals surface area contributed by atoms with E-state index in [9.17, 15) is 0 Å². The maximum atomic E-state index is 6.20. The summed E-state index contributed by atoms with van der Waals surface area (Å²) in [5.41, 5.74) is 3.24. The number of nitrogens with zero attached hydrogens (tertiary/aromatic N) is 4. The Bertz CT molecular complexity index is 979. The molecule has 2 heterocycles. The van der Waals surface area contributed by atoms with Crippen molar-refractivity contribution in [2.75, 3.05) is 7.11 Å². The third-order valence-electron chi connectivity index (χ3n) is 3.58. The number of hydrogen-bond acceptors (Lipinski definition) is 4. The van der Waals surface area contributed by atoms with Gasteiger partial charge in [-0.05, 0) is 36.4 Å². The van der Waals surface area contributed by atoms with Gasteiger partial charge >= 0.3 is 0 Å². The van der Waals surface area contributed by atoms with Gasteiger partial charge in [0.15, 0.2) is 5.65 Å². The van der Waals surface area contributed by atoms with Gasteiger partial charge in [0, 0.05) is 17.1 Å². The molecule has 0 atom stereocenters. The summed E-state index contributed by atoms with van der Waals surface area (Å²) >= 11 is 6.20. The molecule has 0 saturated carbocycles. The first kappa shape index (κ1) is 13.0. The third-order valence-corrected chi connectivity index (χ3v) is 3.91. The van der Waals surface area contributed by atoms with E-state index in [1.54, 1.807) is 17.8 Å². The van der Waals surface area contributed by atoms with Crippen LogP contribution in [-0.4, -0.2) is 26.9 Å². The van der Waals surface area contributed by atoms with Gasteiger partial charge in [0.05, 0.1) is 17.6 Å². The highest BCUT2D eigenvalue weighted by Crippen LogP contribution is 2.27. The number of benzene rings is 2. The molecule has 0 N–H and O–H groups in total. The monoisotopic (exact) mass is 310 g/mol. The molecule has 4 aromatic rings. The summed E-state index contributed by atoms with van der Waals surface area (Å²) in [7, 11) is 1.64. The fourth-order valence-corrected chi connectivity index (χ4v) is 2.67. The quantitative estimate of drug-likeness (QED) is 0.567. The van der Waals surface area contributed by atoms with E-state index in [1.165, 1.54) is 0 Å². The fourth-order valence-electron chi connectivity index (χ4n) is 2.45. The van der Waals surface area contributed by atoms with Crippen molar-refractivity contribution in [3.05, 3.63) is 53.7 Å². The molecule has 0 aliphatic carbocycles. The van der Waals surface area contributed by atoms with Gasteiger partial charge in [-0.1, -0.05) is 22.9 Å². The van der Waals surface area contributed by atoms with Gasteiger partial charge in [-0.2, -0.15) is 4.52 Å². The van der Waals surface area contributed by atoms with Crippen molar-refractivity contribution in [3.63, 3.8) is 0 Å². The van der Waals surface area contributed by atoms with Crippen LogP contribution in [0.25, 0.3) is 27.8 Å². The minimum atomic E-state index is 0.647. The largest absolute Gasteiger partial charge is 0.497 e. The third kappa shape index (κ3) is 1.90. The average Bonchev–Trinajstić information content (AvgIpc) is 3.00. The number of rotatable bonds is 2. The molecule has 0 spiro atoms. The molecule has 0 aliphatic heterocycles. The maximum absolute atomic E-state index is 6.20. The summed E-state index contributed by atoms with van der Waals surface area (Å²) in [6.07, 6.45) is 1.75. The van der Waals surface area contributed by atoms with E-state index in [-0.39, 0.29) is 0 Å². The van der Waals surface area contributed by atoms with Crippen molar-refractivity contribution < 1.29 is 4.74 Å². The number of methoxy groups -OCH3 is 1. The predicted octanol–water partition coefficient (Wildman–Crippen LogP) is 3.61. The summed E-state index contributed by atoms with van der Waals surface area (Å²) in [5, 5.41) is 9.99. The Labute approximate surface area is 131 Å². The van der Waals surface area contributed by atoms with Crippen LogP contribution in [0.2, 0.25) is 5.02 Å². The van der Waals surface area contributed by atoms with Crippen molar-refractivity contribution in [2.24, 2.45) is 0 Å². The normalized spacial score (nSPS) is 11.2. The van der Waals surface area contributed by atoms with Crippen LogP contribution in [-0.2, 0) is 0 Å². The fraction of sp³-hybridized carbons (Fsp3) is 0.0625. The maximum Gasteiger partial charge on any atom is 0.184 e. The second kappa shape index (κ2) is 4.96. The van der Waals surface area contributed by atoms with Crippen molar-refractivity contribution >= 4 is 28.2 Å². The van der Waals surface area contributed by atoms with Crippen LogP contribution in [0.1, 0.15) is 0 Å². The second-order valence-corrected chi connectivity index (χ2v) is 5.24. The Morgan fingerprint density at radius 2 is 1.91 bits per heavy atom. The lowest BCUT2D eigenvalue weighted by Gasteiger charge is -2.03. The Kier molecular flexibility index (Phi) is 2.94. The Hall–Kier alpha value is -2.66. The molecule has 5 nitrogen and oxygen atoms in total. The number of aromatic nitrogens is 4. The Balaban J connectivity index is 1.96. The minimum Gasteiger partial charge on any atom is -0.497 e.